The van der Waals surface area contributed by atoms with Gasteiger partial charge in [-0.25, -0.2) is 9.78 Å². The molecule has 0 aliphatic carbocycles. The molecule has 0 atom stereocenters. The number of fused-ring (bicyclic) bond motifs is 1. The van der Waals surface area contributed by atoms with Crippen LogP contribution in [-0.2, 0) is 17.9 Å². The highest BCUT2D eigenvalue weighted by Crippen LogP contribution is 2.22. The van der Waals surface area contributed by atoms with Gasteiger partial charge in [0.05, 0.1) is 15.6 Å². The number of thiazole rings is 1. The number of aromatic nitrogens is 2. The largest absolute Gasteiger partial charge is 0.455 e. The second kappa shape index (κ2) is 5.93. The Morgan fingerprint density at radius 1 is 1.32 bits per heavy atom. The van der Waals surface area contributed by atoms with Gasteiger partial charge in [-0.05, 0) is 32.9 Å². The third-order valence-corrected chi connectivity index (χ3v) is 4.72. The lowest BCUT2D eigenvalue weighted by Gasteiger charge is -2.08. The summed E-state index contributed by atoms with van der Waals surface area (Å²) in [6, 6.07) is 9.88. The van der Waals surface area contributed by atoms with Crippen LogP contribution >= 0.6 is 11.3 Å². The minimum atomic E-state index is -0.288. The molecule has 3 rings (SSSR count). The van der Waals surface area contributed by atoms with Gasteiger partial charge < -0.3 is 9.30 Å². The van der Waals surface area contributed by atoms with E-state index in [1.54, 1.807) is 11.3 Å². The van der Waals surface area contributed by atoms with E-state index in [0.29, 0.717) is 5.69 Å². The van der Waals surface area contributed by atoms with E-state index in [-0.39, 0.29) is 12.6 Å². The Morgan fingerprint density at radius 3 is 2.77 bits per heavy atom. The third-order valence-electron chi connectivity index (χ3n) is 3.67. The number of hydrogen-bond donors (Lipinski definition) is 0. The summed E-state index contributed by atoms with van der Waals surface area (Å²) in [5.41, 5.74) is 2.59. The number of para-hydroxylation sites is 1. The van der Waals surface area contributed by atoms with Crippen LogP contribution in [0, 0.1) is 13.8 Å². The smallest absolute Gasteiger partial charge is 0.355 e. The van der Waals surface area contributed by atoms with Gasteiger partial charge in [0, 0.05) is 17.4 Å². The molecule has 1 aromatic carbocycles. The average Bonchev–Trinajstić information content (AvgIpc) is 3.04. The number of aryl methyl sites for hydroxylation is 3. The average molecular weight is 314 g/mol. The number of esters is 1. The zero-order chi connectivity index (χ0) is 15.7. The van der Waals surface area contributed by atoms with E-state index in [1.165, 1.54) is 0 Å². The van der Waals surface area contributed by atoms with E-state index in [2.05, 4.69) is 4.98 Å². The molecular formula is C17H18N2O2S. The Hall–Kier alpha value is -2.14. The molecule has 4 nitrogen and oxygen atoms in total. The number of carbonyl (C=O) groups excluding carboxylic acids is 1. The van der Waals surface area contributed by atoms with Crippen LogP contribution < -0.4 is 0 Å². The molecule has 0 N–H and O–H groups in total. The van der Waals surface area contributed by atoms with Crippen LogP contribution in [0.25, 0.3) is 10.9 Å². The van der Waals surface area contributed by atoms with Gasteiger partial charge in [0.1, 0.15) is 12.3 Å². The van der Waals surface area contributed by atoms with Crippen molar-refractivity contribution in [3.05, 3.63) is 51.6 Å². The first-order chi connectivity index (χ1) is 10.6. The number of ether oxygens (including phenoxy) is 1. The summed E-state index contributed by atoms with van der Waals surface area (Å²) in [7, 11) is 0. The molecule has 5 heteroatoms. The lowest BCUT2D eigenvalue weighted by atomic mass is 10.2. The Morgan fingerprint density at radius 2 is 2.09 bits per heavy atom. The summed E-state index contributed by atoms with van der Waals surface area (Å²) in [6.45, 7) is 6.94. The van der Waals surface area contributed by atoms with E-state index in [4.69, 9.17) is 4.74 Å². The van der Waals surface area contributed by atoms with Crippen molar-refractivity contribution in [2.75, 3.05) is 0 Å². The highest BCUT2D eigenvalue weighted by Gasteiger charge is 2.17. The monoisotopic (exact) mass is 314 g/mol. The molecule has 0 aliphatic heterocycles. The molecule has 0 fully saturated rings. The normalized spacial score (nSPS) is 11.0. The lowest BCUT2D eigenvalue weighted by Crippen LogP contribution is -2.11. The van der Waals surface area contributed by atoms with E-state index >= 15 is 0 Å². The fourth-order valence-corrected chi connectivity index (χ4v) is 3.48. The van der Waals surface area contributed by atoms with Crippen molar-refractivity contribution in [2.45, 2.75) is 33.9 Å². The maximum absolute atomic E-state index is 12.4. The van der Waals surface area contributed by atoms with Crippen molar-refractivity contribution in [3.8, 4) is 0 Å². The van der Waals surface area contributed by atoms with Gasteiger partial charge >= 0.3 is 5.97 Å². The number of carbonyl (C=O) groups is 1. The number of nitrogens with zero attached hydrogens (tertiary/aromatic N) is 2. The first-order valence-electron chi connectivity index (χ1n) is 7.28. The maximum Gasteiger partial charge on any atom is 0.355 e. The predicted molar refractivity (Wildman–Crippen MR) is 88.3 cm³/mol. The lowest BCUT2D eigenvalue weighted by molar-refractivity contribution is 0.0464. The summed E-state index contributed by atoms with van der Waals surface area (Å²) in [4.78, 5) is 17.8. The second-order valence-electron chi connectivity index (χ2n) is 5.15. The predicted octanol–water partition coefficient (Wildman–Crippen LogP) is 4.09. The van der Waals surface area contributed by atoms with Gasteiger partial charge in [-0.15, -0.1) is 11.3 Å². The van der Waals surface area contributed by atoms with Gasteiger partial charge in [0.15, 0.2) is 0 Å². The van der Waals surface area contributed by atoms with Crippen LogP contribution in [0.3, 0.4) is 0 Å². The Kier molecular flexibility index (Phi) is 3.98. The Balaban J connectivity index is 1.84. The van der Waals surface area contributed by atoms with Crippen molar-refractivity contribution in [2.24, 2.45) is 0 Å². The molecule has 114 valence electrons. The van der Waals surface area contributed by atoms with Crippen LogP contribution in [-0.4, -0.2) is 15.5 Å². The quantitative estimate of drug-likeness (QED) is 0.681. The topological polar surface area (TPSA) is 44.1 Å². The second-order valence-corrected chi connectivity index (χ2v) is 6.44. The van der Waals surface area contributed by atoms with Gasteiger partial charge in [0.2, 0.25) is 0 Å². The molecule has 0 bridgehead atoms. The van der Waals surface area contributed by atoms with Crippen LogP contribution in [0.1, 0.15) is 33.0 Å². The summed E-state index contributed by atoms with van der Waals surface area (Å²) < 4.78 is 7.48. The van der Waals surface area contributed by atoms with E-state index in [0.717, 1.165) is 33.0 Å². The maximum atomic E-state index is 12.4. The van der Waals surface area contributed by atoms with Crippen LogP contribution in [0.5, 0.6) is 0 Å². The number of hydrogen-bond acceptors (Lipinski definition) is 4. The first kappa shape index (κ1) is 14.8. The number of benzene rings is 1. The molecule has 0 saturated heterocycles. The summed E-state index contributed by atoms with van der Waals surface area (Å²) >= 11 is 1.57. The molecule has 0 aliphatic rings. The zero-order valence-electron chi connectivity index (χ0n) is 12.9. The summed E-state index contributed by atoms with van der Waals surface area (Å²) in [5, 5.41) is 2.05. The molecule has 3 aromatic rings. The molecule has 0 radical (unpaired) electrons. The van der Waals surface area contributed by atoms with E-state index in [1.807, 2.05) is 55.7 Å². The van der Waals surface area contributed by atoms with Gasteiger partial charge in [0.25, 0.3) is 0 Å². The number of rotatable bonds is 4. The third kappa shape index (κ3) is 2.64. The standard InChI is InChI=1S/C17H18N2O2S/c1-4-19-14-8-6-5-7-13(14)9-15(19)17(20)21-10-16-11(2)18-12(3)22-16/h5-9H,4,10H2,1-3H3. The minimum Gasteiger partial charge on any atom is -0.455 e. The van der Waals surface area contributed by atoms with Crippen LogP contribution in [0.4, 0.5) is 0 Å². The molecular weight excluding hydrogens is 296 g/mol. The van der Waals surface area contributed by atoms with Crippen LogP contribution in [0.15, 0.2) is 30.3 Å². The molecule has 2 heterocycles. The van der Waals surface area contributed by atoms with Gasteiger partial charge in [-0.3, -0.25) is 0 Å². The summed E-state index contributed by atoms with van der Waals surface area (Å²) in [5.74, 6) is -0.288. The van der Waals surface area contributed by atoms with Crippen molar-refractivity contribution in [1.29, 1.82) is 0 Å². The fourth-order valence-electron chi connectivity index (χ4n) is 2.63. The van der Waals surface area contributed by atoms with Crippen LogP contribution in [0.2, 0.25) is 0 Å². The fraction of sp³-hybridized carbons (Fsp3) is 0.294. The van der Waals surface area contributed by atoms with Crippen molar-refractivity contribution < 1.29 is 9.53 Å². The molecule has 0 amide bonds. The van der Waals surface area contributed by atoms with Gasteiger partial charge in [-0.1, -0.05) is 18.2 Å². The van der Waals surface area contributed by atoms with E-state index in [9.17, 15) is 4.79 Å². The first-order valence-corrected chi connectivity index (χ1v) is 8.10. The molecule has 0 unspecified atom stereocenters. The van der Waals surface area contributed by atoms with E-state index < -0.39 is 0 Å². The SMILES string of the molecule is CCn1c(C(=O)OCc2sc(C)nc2C)cc2ccccc21. The Labute approximate surface area is 133 Å². The van der Waals surface area contributed by atoms with Gasteiger partial charge in [-0.2, -0.15) is 0 Å². The molecule has 0 spiro atoms. The van der Waals surface area contributed by atoms with Crippen molar-refractivity contribution in [3.63, 3.8) is 0 Å². The minimum absolute atomic E-state index is 0.279. The van der Waals surface area contributed by atoms with Crippen molar-refractivity contribution >= 4 is 28.2 Å². The molecule has 2 aromatic heterocycles. The molecule has 0 saturated carbocycles. The zero-order valence-corrected chi connectivity index (χ0v) is 13.7. The highest BCUT2D eigenvalue weighted by molar-refractivity contribution is 7.11. The summed E-state index contributed by atoms with van der Waals surface area (Å²) in [6.07, 6.45) is 0. The molecule has 22 heavy (non-hydrogen) atoms. The highest BCUT2D eigenvalue weighted by atomic mass is 32.1. The van der Waals surface area contributed by atoms with Crippen molar-refractivity contribution in [1.82, 2.24) is 9.55 Å². The Bertz CT molecular complexity index is 832.